The number of hydrogen-bond acceptors (Lipinski definition) is 2. The van der Waals surface area contributed by atoms with Crippen LogP contribution in [0.2, 0.25) is 0 Å². The summed E-state index contributed by atoms with van der Waals surface area (Å²) in [5.74, 6) is 2.52. The summed E-state index contributed by atoms with van der Waals surface area (Å²) in [7, 11) is 0. The molecule has 1 amide bonds. The van der Waals surface area contributed by atoms with Gasteiger partial charge in [0.25, 0.3) is 5.91 Å². The van der Waals surface area contributed by atoms with E-state index in [0.29, 0.717) is 5.69 Å². The minimum absolute atomic E-state index is 0.0452. The van der Waals surface area contributed by atoms with E-state index in [0.717, 1.165) is 35.4 Å². The fourth-order valence-electron chi connectivity index (χ4n) is 3.01. The van der Waals surface area contributed by atoms with Crippen molar-refractivity contribution in [2.75, 3.05) is 12.3 Å². The van der Waals surface area contributed by atoms with Crippen LogP contribution in [-0.2, 0) is 0 Å². The molecular weight excluding hydrogens is 236 g/mol. The molecule has 0 aliphatic heterocycles. The third-order valence-electron chi connectivity index (χ3n) is 4.45. The van der Waals surface area contributed by atoms with Gasteiger partial charge in [-0.05, 0) is 74.1 Å². The molecule has 0 radical (unpaired) electrons. The van der Waals surface area contributed by atoms with Crippen LogP contribution in [0.3, 0.4) is 0 Å². The first-order valence-electron chi connectivity index (χ1n) is 7.29. The van der Waals surface area contributed by atoms with Gasteiger partial charge in [0.1, 0.15) is 0 Å². The van der Waals surface area contributed by atoms with E-state index >= 15 is 0 Å². The molecule has 1 aromatic rings. The Kier molecular flexibility index (Phi) is 3.21. The maximum absolute atomic E-state index is 12.2. The Morgan fingerprint density at radius 3 is 2.47 bits per heavy atom. The van der Waals surface area contributed by atoms with Crippen molar-refractivity contribution in [2.45, 2.75) is 32.6 Å². The number of nitrogen functional groups attached to an aromatic ring is 1. The molecule has 3 N–H and O–H groups in total. The summed E-state index contributed by atoms with van der Waals surface area (Å²) < 4.78 is 0. The van der Waals surface area contributed by atoms with Crippen LogP contribution in [0.5, 0.6) is 0 Å². The lowest BCUT2D eigenvalue weighted by molar-refractivity contribution is 0.0943. The van der Waals surface area contributed by atoms with Crippen molar-refractivity contribution in [3.63, 3.8) is 0 Å². The fourth-order valence-corrected chi connectivity index (χ4v) is 3.01. The van der Waals surface area contributed by atoms with E-state index in [1.54, 1.807) is 6.07 Å². The highest BCUT2D eigenvalue weighted by Gasteiger charge is 2.41. The summed E-state index contributed by atoms with van der Waals surface area (Å²) in [5.41, 5.74) is 8.13. The molecule has 3 nitrogen and oxygen atoms in total. The number of amides is 1. The first-order valence-corrected chi connectivity index (χ1v) is 7.29. The van der Waals surface area contributed by atoms with Crippen molar-refractivity contribution in [3.05, 3.63) is 29.3 Å². The molecular formula is C16H22N2O. The quantitative estimate of drug-likeness (QED) is 0.798. The van der Waals surface area contributed by atoms with Crippen LogP contribution in [0.25, 0.3) is 0 Å². The Bertz CT molecular complexity index is 478. The number of carbonyl (C=O) groups is 1. The van der Waals surface area contributed by atoms with E-state index in [-0.39, 0.29) is 5.91 Å². The minimum atomic E-state index is 0.0452. The van der Waals surface area contributed by atoms with Crippen LogP contribution in [0.15, 0.2) is 18.2 Å². The second-order valence-corrected chi connectivity index (χ2v) is 6.12. The molecule has 3 heteroatoms. The van der Waals surface area contributed by atoms with E-state index in [9.17, 15) is 4.79 Å². The van der Waals surface area contributed by atoms with Crippen LogP contribution in [-0.4, -0.2) is 12.5 Å². The lowest BCUT2D eigenvalue weighted by Crippen LogP contribution is -2.31. The van der Waals surface area contributed by atoms with Crippen molar-refractivity contribution in [3.8, 4) is 0 Å². The van der Waals surface area contributed by atoms with Crippen molar-refractivity contribution in [1.29, 1.82) is 0 Å². The Hall–Kier alpha value is -1.51. The second-order valence-electron chi connectivity index (χ2n) is 6.12. The molecule has 0 unspecified atom stereocenters. The smallest absolute Gasteiger partial charge is 0.251 e. The SMILES string of the molecule is Cc1cc(N)ccc1C(=O)NCC(C1CC1)C1CC1. The number of benzene rings is 1. The molecule has 0 atom stereocenters. The normalized spacial score (nSPS) is 18.6. The van der Waals surface area contributed by atoms with Crippen LogP contribution >= 0.6 is 0 Å². The van der Waals surface area contributed by atoms with Crippen molar-refractivity contribution in [2.24, 2.45) is 17.8 Å². The van der Waals surface area contributed by atoms with Crippen molar-refractivity contribution >= 4 is 11.6 Å². The molecule has 19 heavy (non-hydrogen) atoms. The van der Waals surface area contributed by atoms with Gasteiger partial charge in [0, 0.05) is 17.8 Å². The van der Waals surface area contributed by atoms with Gasteiger partial charge in [-0.2, -0.15) is 0 Å². The van der Waals surface area contributed by atoms with Gasteiger partial charge in [-0.1, -0.05) is 0 Å². The van der Waals surface area contributed by atoms with E-state index in [1.165, 1.54) is 25.7 Å². The summed E-state index contributed by atoms with van der Waals surface area (Å²) in [6, 6.07) is 5.47. The highest BCUT2D eigenvalue weighted by molar-refractivity contribution is 5.96. The van der Waals surface area contributed by atoms with E-state index in [4.69, 9.17) is 5.73 Å². The molecule has 2 fully saturated rings. The van der Waals surface area contributed by atoms with Crippen molar-refractivity contribution in [1.82, 2.24) is 5.32 Å². The number of rotatable bonds is 5. The third-order valence-corrected chi connectivity index (χ3v) is 4.45. The van der Waals surface area contributed by atoms with E-state index in [2.05, 4.69) is 5.32 Å². The monoisotopic (exact) mass is 258 g/mol. The summed E-state index contributed by atoms with van der Waals surface area (Å²) >= 11 is 0. The van der Waals surface area contributed by atoms with E-state index < -0.39 is 0 Å². The highest BCUT2D eigenvalue weighted by atomic mass is 16.1. The Morgan fingerprint density at radius 1 is 1.32 bits per heavy atom. The Labute approximate surface area is 114 Å². The highest BCUT2D eigenvalue weighted by Crippen LogP contribution is 2.48. The maximum atomic E-state index is 12.2. The molecule has 3 rings (SSSR count). The van der Waals surface area contributed by atoms with Crippen molar-refractivity contribution < 1.29 is 4.79 Å². The fraction of sp³-hybridized carbons (Fsp3) is 0.562. The Balaban J connectivity index is 1.61. The lowest BCUT2D eigenvalue weighted by Gasteiger charge is -2.16. The molecule has 102 valence electrons. The maximum Gasteiger partial charge on any atom is 0.251 e. The van der Waals surface area contributed by atoms with Gasteiger partial charge in [-0.3, -0.25) is 4.79 Å². The molecule has 2 saturated carbocycles. The summed E-state index contributed by atoms with van der Waals surface area (Å²) in [5, 5.41) is 3.12. The number of nitrogens with two attached hydrogens (primary N) is 1. The van der Waals surface area contributed by atoms with Gasteiger partial charge in [0.05, 0.1) is 0 Å². The van der Waals surface area contributed by atoms with Crippen LogP contribution in [0, 0.1) is 24.7 Å². The standard InChI is InChI=1S/C16H22N2O/c1-10-8-13(17)6-7-14(10)16(19)18-9-15(11-2-3-11)12-4-5-12/h6-8,11-12,15H,2-5,9,17H2,1H3,(H,18,19). The second kappa shape index (κ2) is 4.87. The number of anilines is 1. The zero-order valence-corrected chi connectivity index (χ0v) is 11.5. The molecule has 0 bridgehead atoms. The molecule has 2 aliphatic rings. The molecule has 0 aromatic heterocycles. The number of carbonyl (C=O) groups excluding carboxylic acids is 1. The third kappa shape index (κ3) is 2.91. The average molecular weight is 258 g/mol. The molecule has 1 aromatic carbocycles. The van der Waals surface area contributed by atoms with Gasteiger partial charge in [-0.25, -0.2) is 0 Å². The first-order chi connectivity index (χ1) is 9.15. The number of aryl methyl sites for hydroxylation is 1. The lowest BCUT2D eigenvalue weighted by atomic mass is 9.97. The predicted molar refractivity (Wildman–Crippen MR) is 76.9 cm³/mol. The number of hydrogen-bond donors (Lipinski definition) is 2. The topological polar surface area (TPSA) is 55.1 Å². The van der Waals surface area contributed by atoms with Gasteiger partial charge in [0.15, 0.2) is 0 Å². The zero-order chi connectivity index (χ0) is 13.4. The van der Waals surface area contributed by atoms with Gasteiger partial charge < -0.3 is 11.1 Å². The summed E-state index contributed by atoms with van der Waals surface area (Å²) in [6.45, 7) is 2.78. The van der Waals surface area contributed by atoms with Gasteiger partial charge >= 0.3 is 0 Å². The summed E-state index contributed by atoms with van der Waals surface area (Å²) in [6.07, 6.45) is 5.44. The predicted octanol–water partition coefficient (Wildman–Crippen LogP) is 2.74. The zero-order valence-electron chi connectivity index (χ0n) is 11.5. The van der Waals surface area contributed by atoms with Gasteiger partial charge in [-0.15, -0.1) is 0 Å². The first kappa shape index (κ1) is 12.5. The van der Waals surface area contributed by atoms with Gasteiger partial charge in [0.2, 0.25) is 0 Å². The minimum Gasteiger partial charge on any atom is -0.399 e. The molecule has 0 saturated heterocycles. The molecule has 2 aliphatic carbocycles. The number of nitrogens with one attached hydrogen (secondary N) is 1. The summed E-state index contributed by atoms with van der Waals surface area (Å²) in [4.78, 5) is 12.2. The average Bonchev–Trinajstić information content (AvgIpc) is 3.23. The van der Waals surface area contributed by atoms with E-state index in [1.807, 2.05) is 19.1 Å². The largest absolute Gasteiger partial charge is 0.399 e. The van der Waals surface area contributed by atoms with Crippen LogP contribution in [0.4, 0.5) is 5.69 Å². The molecule has 0 spiro atoms. The van der Waals surface area contributed by atoms with Crippen LogP contribution in [0.1, 0.15) is 41.6 Å². The van der Waals surface area contributed by atoms with Crippen LogP contribution < -0.4 is 11.1 Å². The Morgan fingerprint density at radius 2 is 1.95 bits per heavy atom. The molecule has 0 heterocycles.